The zero-order valence-electron chi connectivity index (χ0n) is 19.5. The molecule has 1 aromatic carbocycles. The summed E-state index contributed by atoms with van der Waals surface area (Å²) in [7, 11) is 2.65. The molecule has 0 amide bonds. The summed E-state index contributed by atoms with van der Waals surface area (Å²) in [6, 6.07) is 18.0. The number of nitrogens with zero attached hydrogens (tertiary/aromatic N) is 3. The zero-order valence-corrected chi connectivity index (χ0v) is 23.3. The molecule has 0 bridgehead atoms. The predicted molar refractivity (Wildman–Crippen MR) is 148 cm³/mol. The lowest BCUT2D eigenvalue weighted by Gasteiger charge is -2.11. The molecule has 4 aromatic rings. The Kier molecular flexibility index (Phi) is 10.4. The molecule has 0 unspecified atom stereocenters. The molecule has 0 aliphatic rings. The highest BCUT2D eigenvalue weighted by Crippen LogP contribution is 2.30. The van der Waals surface area contributed by atoms with Crippen LogP contribution >= 0.6 is 50.7 Å². The Morgan fingerprint density at radius 3 is 1.54 bits per heavy atom. The second kappa shape index (κ2) is 13.5. The number of carbonyl (C=O) groups is 2. The van der Waals surface area contributed by atoms with Crippen molar-refractivity contribution in [2.45, 2.75) is 4.30 Å². The van der Waals surface area contributed by atoms with Crippen LogP contribution in [0.2, 0.25) is 0 Å². The van der Waals surface area contributed by atoms with Gasteiger partial charge in [-0.2, -0.15) is 0 Å². The van der Waals surface area contributed by atoms with Crippen LogP contribution in [0.25, 0.3) is 33.9 Å². The number of methoxy groups -OCH3 is 2. The standard InChI is InChI=1S/C25H18BrN3O4.CHCl3/c1-32-24(30)16-7-9-27-20(11-16)22-13-18(15-3-5-19(26)6-4-15)14-23(29-22)21-12-17(8-10-28-21)25(31)33-2;2-1(3)4/h3-14H,1-2H3;1H. The number of ether oxygens (including phenoxy) is 2. The maximum Gasteiger partial charge on any atom is 0.337 e. The fraction of sp³-hybridized carbons (Fsp3) is 0.115. The molecule has 3 aromatic heterocycles. The summed E-state index contributed by atoms with van der Waals surface area (Å²) in [4.78, 5) is 37.5. The monoisotopic (exact) mass is 621 g/mol. The third-order valence-electron chi connectivity index (χ3n) is 4.89. The SMILES string of the molecule is COC(=O)c1ccnc(-c2cc(-c3ccc(Br)cc3)cc(-c3cc(C(=O)OC)ccn3)n2)c1.ClC(Cl)Cl. The zero-order chi connectivity index (χ0) is 26.9. The van der Waals surface area contributed by atoms with Crippen LogP contribution in [0, 0.1) is 0 Å². The van der Waals surface area contributed by atoms with Crippen molar-refractivity contribution in [2.24, 2.45) is 0 Å². The van der Waals surface area contributed by atoms with E-state index in [4.69, 9.17) is 49.3 Å². The molecule has 3 heterocycles. The van der Waals surface area contributed by atoms with E-state index >= 15 is 0 Å². The number of benzene rings is 1. The molecule has 0 atom stereocenters. The van der Waals surface area contributed by atoms with Gasteiger partial charge in [0, 0.05) is 16.9 Å². The molecule has 37 heavy (non-hydrogen) atoms. The minimum atomic E-state index is -0.750. The lowest BCUT2D eigenvalue weighted by atomic mass is 10.0. The van der Waals surface area contributed by atoms with E-state index in [2.05, 4.69) is 25.9 Å². The van der Waals surface area contributed by atoms with E-state index in [1.807, 2.05) is 36.4 Å². The van der Waals surface area contributed by atoms with Gasteiger partial charge >= 0.3 is 11.9 Å². The highest BCUT2D eigenvalue weighted by atomic mass is 79.9. The van der Waals surface area contributed by atoms with Crippen LogP contribution in [0.3, 0.4) is 0 Å². The van der Waals surface area contributed by atoms with Crippen molar-refractivity contribution in [3.05, 3.63) is 88.7 Å². The van der Waals surface area contributed by atoms with Crippen molar-refractivity contribution in [3.63, 3.8) is 0 Å². The minimum absolute atomic E-state index is 0.366. The summed E-state index contributed by atoms with van der Waals surface area (Å²) in [6.07, 6.45) is 3.07. The predicted octanol–water partition coefficient (Wildman–Crippen LogP) is 7.19. The van der Waals surface area contributed by atoms with Gasteiger partial charge in [0.2, 0.25) is 0 Å². The topological polar surface area (TPSA) is 91.3 Å². The number of carbonyl (C=O) groups excluding carboxylic acids is 2. The van der Waals surface area contributed by atoms with Crippen molar-refractivity contribution in [2.75, 3.05) is 14.2 Å². The first-order valence-corrected chi connectivity index (χ1v) is 12.6. The van der Waals surface area contributed by atoms with Crippen molar-refractivity contribution in [3.8, 4) is 33.9 Å². The Morgan fingerprint density at radius 2 is 1.14 bits per heavy atom. The lowest BCUT2D eigenvalue weighted by Crippen LogP contribution is -2.03. The summed E-state index contributed by atoms with van der Waals surface area (Å²) in [5, 5.41) is 0. The maximum absolute atomic E-state index is 12.0. The molecule has 4 rings (SSSR count). The molecular formula is C26H19BrCl3N3O4. The van der Waals surface area contributed by atoms with E-state index < -0.39 is 16.2 Å². The van der Waals surface area contributed by atoms with Gasteiger partial charge in [-0.3, -0.25) is 9.97 Å². The van der Waals surface area contributed by atoms with Crippen LogP contribution in [-0.4, -0.2) is 45.4 Å². The van der Waals surface area contributed by atoms with Gasteiger partial charge in [-0.25, -0.2) is 14.6 Å². The summed E-state index contributed by atoms with van der Waals surface area (Å²) in [5.41, 5.74) is 4.65. The normalized spacial score (nSPS) is 10.4. The smallest absolute Gasteiger partial charge is 0.337 e. The van der Waals surface area contributed by atoms with Crippen LogP contribution in [0.15, 0.2) is 77.5 Å². The second-order valence-corrected chi connectivity index (χ2v) is 10.1. The molecule has 0 spiro atoms. The molecule has 0 N–H and O–H groups in total. The molecule has 0 radical (unpaired) electrons. The summed E-state index contributed by atoms with van der Waals surface area (Å²) in [5.74, 6) is -0.925. The largest absolute Gasteiger partial charge is 0.465 e. The quantitative estimate of drug-likeness (QED) is 0.172. The van der Waals surface area contributed by atoms with Crippen LogP contribution in [0.5, 0.6) is 0 Å². The summed E-state index contributed by atoms with van der Waals surface area (Å²) in [6.45, 7) is 0. The average Bonchev–Trinajstić information content (AvgIpc) is 2.92. The van der Waals surface area contributed by atoms with Crippen LogP contribution in [-0.2, 0) is 9.47 Å². The Labute approximate surface area is 236 Å². The fourth-order valence-corrected chi connectivity index (χ4v) is 3.50. The van der Waals surface area contributed by atoms with E-state index in [9.17, 15) is 9.59 Å². The van der Waals surface area contributed by atoms with Crippen molar-refractivity contribution in [1.29, 1.82) is 0 Å². The third-order valence-corrected chi connectivity index (χ3v) is 5.42. The maximum atomic E-state index is 12.0. The number of esters is 2. The van der Waals surface area contributed by atoms with E-state index in [1.165, 1.54) is 26.6 Å². The lowest BCUT2D eigenvalue weighted by molar-refractivity contribution is 0.0592. The van der Waals surface area contributed by atoms with Gasteiger partial charge in [-0.1, -0.05) is 62.9 Å². The Bertz CT molecular complexity index is 1320. The molecule has 0 saturated heterocycles. The number of rotatable bonds is 5. The molecule has 0 saturated carbocycles. The van der Waals surface area contributed by atoms with Crippen molar-refractivity contribution < 1.29 is 19.1 Å². The number of halogens is 4. The van der Waals surface area contributed by atoms with E-state index in [-0.39, 0.29) is 0 Å². The molecule has 7 nitrogen and oxygen atoms in total. The van der Waals surface area contributed by atoms with Gasteiger partial charge in [0.1, 0.15) is 0 Å². The molecule has 190 valence electrons. The average molecular weight is 624 g/mol. The first kappa shape index (κ1) is 28.5. The Balaban J connectivity index is 0.000000886. The number of alkyl halides is 3. The number of pyridine rings is 3. The van der Waals surface area contributed by atoms with Gasteiger partial charge in [0.25, 0.3) is 0 Å². The highest BCUT2D eigenvalue weighted by Gasteiger charge is 2.15. The van der Waals surface area contributed by atoms with Crippen molar-refractivity contribution in [1.82, 2.24) is 15.0 Å². The summed E-state index contributed by atoms with van der Waals surface area (Å²) < 4.78 is 9.86. The minimum Gasteiger partial charge on any atom is -0.465 e. The summed E-state index contributed by atoms with van der Waals surface area (Å²) >= 11 is 17.9. The van der Waals surface area contributed by atoms with Crippen molar-refractivity contribution >= 4 is 62.7 Å². The fourth-order valence-electron chi connectivity index (χ4n) is 3.23. The van der Waals surface area contributed by atoms with Gasteiger partial charge in [0.05, 0.1) is 48.1 Å². The van der Waals surface area contributed by atoms with Gasteiger partial charge in [0.15, 0.2) is 4.30 Å². The molecule has 11 heteroatoms. The van der Waals surface area contributed by atoms with E-state index in [0.29, 0.717) is 33.9 Å². The number of hydrogen-bond donors (Lipinski definition) is 0. The van der Waals surface area contributed by atoms with Crippen LogP contribution in [0.4, 0.5) is 0 Å². The van der Waals surface area contributed by atoms with Gasteiger partial charge < -0.3 is 9.47 Å². The van der Waals surface area contributed by atoms with E-state index in [1.54, 1.807) is 24.3 Å². The molecule has 0 fully saturated rings. The second-order valence-electron chi connectivity index (χ2n) is 7.22. The molecule has 0 aliphatic carbocycles. The number of hydrogen-bond acceptors (Lipinski definition) is 7. The van der Waals surface area contributed by atoms with Crippen LogP contribution < -0.4 is 0 Å². The van der Waals surface area contributed by atoms with Crippen LogP contribution in [0.1, 0.15) is 20.7 Å². The number of aromatic nitrogens is 3. The molecular weight excluding hydrogens is 605 g/mol. The first-order chi connectivity index (χ1) is 17.7. The van der Waals surface area contributed by atoms with Gasteiger partial charge in [-0.05, 0) is 59.7 Å². The first-order valence-electron chi connectivity index (χ1n) is 10.5. The highest BCUT2D eigenvalue weighted by molar-refractivity contribution is 9.10. The Hall–Kier alpha value is -3.04. The van der Waals surface area contributed by atoms with E-state index in [0.717, 1.165) is 15.6 Å². The third kappa shape index (κ3) is 7.97. The molecule has 0 aliphatic heterocycles. The Morgan fingerprint density at radius 1 is 0.703 bits per heavy atom. The van der Waals surface area contributed by atoms with Gasteiger partial charge in [-0.15, -0.1) is 0 Å².